The first-order valence-electron chi connectivity index (χ1n) is 6.07. The van der Waals surface area contributed by atoms with E-state index in [1.807, 2.05) is 18.2 Å². The maximum Gasteiger partial charge on any atom is 0.322 e. The molecule has 0 aromatic heterocycles. The molecule has 0 aliphatic rings. The predicted octanol–water partition coefficient (Wildman–Crippen LogP) is -0.482. The van der Waals surface area contributed by atoms with Crippen molar-refractivity contribution in [2.75, 3.05) is 18.8 Å². The minimum absolute atomic E-state index is 0.209. The van der Waals surface area contributed by atoms with Gasteiger partial charge in [0.05, 0.1) is 6.54 Å². The highest BCUT2D eigenvalue weighted by Gasteiger charge is 2.07. The first-order chi connectivity index (χ1) is 9.49. The Kier molecular flexibility index (Phi) is 6.02. The van der Waals surface area contributed by atoms with E-state index >= 15 is 0 Å². The molecule has 0 spiro atoms. The minimum atomic E-state index is -1.13. The van der Waals surface area contributed by atoms with Crippen LogP contribution in [0.3, 0.4) is 0 Å². The number of benzene rings is 1. The Morgan fingerprint density at radius 1 is 1.05 bits per heavy atom. The SMILES string of the molecule is Nc1ccccc1CCC(=O)NCC(=O)NCC(=O)O. The molecule has 7 heteroatoms. The van der Waals surface area contributed by atoms with E-state index in [0.717, 1.165) is 5.56 Å². The first kappa shape index (κ1) is 15.5. The smallest absolute Gasteiger partial charge is 0.322 e. The Morgan fingerprint density at radius 3 is 2.35 bits per heavy atom. The lowest BCUT2D eigenvalue weighted by Crippen LogP contribution is -2.39. The van der Waals surface area contributed by atoms with Crippen molar-refractivity contribution >= 4 is 23.5 Å². The number of amides is 2. The molecule has 1 rings (SSSR count). The lowest BCUT2D eigenvalue weighted by Gasteiger charge is -2.07. The maximum atomic E-state index is 11.5. The second-order valence-electron chi connectivity index (χ2n) is 4.15. The number of carbonyl (C=O) groups is 3. The van der Waals surface area contributed by atoms with Gasteiger partial charge in [-0.05, 0) is 18.1 Å². The van der Waals surface area contributed by atoms with Crippen molar-refractivity contribution in [1.82, 2.24) is 10.6 Å². The van der Waals surface area contributed by atoms with Crippen molar-refractivity contribution < 1.29 is 19.5 Å². The molecule has 0 saturated carbocycles. The molecule has 0 atom stereocenters. The minimum Gasteiger partial charge on any atom is -0.480 e. The molecule has 20 heavy (non-hydrogen) atoms. The Labute approximate surface area is 116 Å². The zero-order valence-electron chi connectivity index (χ0n) is 10.9. The summed E-state index contributed by atoms with van der Waals surface area (Å²) in [6.07, 6.45) is 0.690. The van der Waals surface area contributed by atoms with Crippen molar-refractivity contribution in [2.24, 2.45) is 0 Å². The second-order valence-corrected chi connectivity index (χ2v) is 4.15. The lowest BCUT2D eigenvalue weighted by molar-refractivity contribution is -0.137. The van der Waals surface area contributed by atoms with E-state index in [1.54, 1.807) is 6.07 Å². The number of hydrogen-bond acceptors (Lipinski definition) is 4. The van der Waals surface area contributed by atoms with E-state index in [2.05, 4.69) is 10.6 Å². The number of aryl methyl sites for hydroxylation is 1. The lowest BCUT2D eigenvalue weighted by atomic mass is 10.1. The molecule has 0 heterocycles. The number of carbonyl (C=O) groups excluding carboxylic acids is 2. The van der Waals surface area contributed by atoms with Crippen LogP contribution in [0.25, 0.3) is 0 Å². The first-order valence-corrected chi connectivity index (χ1v) is 6.07. The molecule has 0 fully saturated rings. The Balaban J connectivity index is 2.25. The van der Waals surface area contributed by atoms with Gasteiger partial charge in [0, 0.05) is 12.1 Å². The van der Waals surface area contributed by atoms with Gasteiger partial charge in [-0.15, -0.1) is 0 Å². The van der Waals surface area contributed by atoms with Gasteiger partial charge in [0.1, 0.15) is 6.54 Å². The molecule has 0 bridgehead atoms. The average molecular weight is 279 g/mol. The number of nitrogens with one attached hydrogen (secondary N) is 2. The normalized spacial score (nSPS) is 9.80. The molecule has 7 nitrogen and oxygen atoms in total. The second kappa shape index (κ2) is 7.78. The summed E-state index contributed by atoms with van der Waals surface area (Å²) in [6.45, 7) is -0.703. The third-order valence-corrected chi connectivity index (χ3v) is 2.56. The summed E-state index contributed by atoms with van der Waals surface area (Å²) in [4.78, 5) is 32.9. The van der Waals surface area contributed by atoms with Crippen LogP contribution in [0.5, 0.6) is 0 Å². The number of nitrogens with two attached hydrogens (primary N) is 1. The molecular formula is C13H17N3O4. The van der Waals surface area contributed by atoms with E-state index in [0.29, 0.717) is 12.1 Å². The molecule has 1 aromatic rings. The van der Waals surface area contributed by atoms with Gasteiger partial charge in [0.25, 0.3) is 0 Å². The fourth-order valence-electron chi connectivity index (χ4n) is 1.51. The monoisotopic (exact) mass is 279 g/mol. The van der Waals surface area contributed by atoms with E-state index in [4.69, 9.17) is 10.8 Å². The molecule has 1 aromatic carbocycles. The summed E-state index contributed by atoms with van der Waals surface area (Å²) in [6, 6.07) is 7.24. The quantitative estimate of drug-likeness (QED) is 0.502. The molecule has 0 unspecified atom stereocenters. The Bertz CT molecular complexity index is 502. The van der Waals surface area contributed by atoms with E-state index in [1.165, 1.54) is 0 Å². The zero-order chi connectivity index (χ0) is 15.0. The van der Waals surface area contributed by atoms with Gasteiger partial charge in [0.2, 0.25) is 11.8 Å². The molecule has 0 radical (unpaired) electrons. The van der Waals surface area contributed by atoms with Crippen LogP contribution in [-0.2, 0) is 20.8 Å². The van der Waals surface area contributed by atoms with Crippen LogP contribution in [0.15, 0.2) is 24.3 Å². The molecule has 2 amide bonds. The third-order valence-electron chi connectivity index (χ3n) is 2.56. The number of carboxylic acids is 1. The maximum absolute atomic E-state index is 11.5. The summed E-state index contributed by atoms with van der Waals surface area (Å²) in [5, 5.41) is 12.9. The van der Waals surface area contributed by atoms with Crippen LogP contribution in [0.4, 0.5) is 5.69 Å². The number of anilines is 1. The summed E-state index contributed by atoms with van der Waals surface area (Å²) in [5.74, 6) is -1.97. The number of aliphatic carboxylic acids is 1. The molecule has 5 N–H and O–H groups in total. The number of nitrogen functional groups attached to an aromatic ring is 1. The number of carboxylic acid groups (broad SMARTS) is 1. The van der Waals surface area contributed by atoms with Crippen molar-refractivity contribution in [1.29, 1.82) is 0 Å². The van der Waals surface area contributed by atoms with Gasteiger partial charge < -0.3 is 21.5 Å². The largest absolute Gasteiger partial charge is 0.480 e. The molecule has 0 aliphatic carbocycles. The van der Waals surface area contributed by atoms with Gasteiger partial charge in [0.15, 0.2) is 0 Å². The van der Waals surface area contributed by atoms with Gasteiger partial charge >= 0.3 is 5.97 Å². The van der Waals surface area contributed by atoms with E-state index < -0.39 is 18.4 Å². The number of rotatable bonds is 7. The number of hydrogen-bond donors (Lipinski definition) is 4. The van der Waals surface area contributed by atoms with Gasteiger partial charge in [-0.3, -0.25) is 14.4 Å². The van der Waals surface area contributed by atoms with Gasteiger partial charge in [-0.25, -0.2) is 0 Å². The molecular weight excluding hydrogens is 262 g/mol. The fourth-order valence-corrected chi connectivity index (χ4v) is 1.51. The van der Waals surface area contributed by atoms with Gasteiger partial charge in [-0.2, -0.15) is 0 Å². The number of para-hydroxylation sites is 1. The molecule has 0 saturated heterocycles. The van der Waals surface area contributed by atoms with Crippen molar-refractivity contribution in [2.45, 2.75) is 12.8 Å². The average Bonchev–Trinajstić information content (AvgIpc) is 2.42. The summed E-state index contributed by atoms with van der Waals surface area (Å²) >= 11 is 0. The summed E-state index contributed by atoms with van der Waals surface area (Å²) < 4.78 is 0. The molecule has 108 valence electrons. The van der Waals surface area contributed by atoms with Gasteiger partial charge in [-0.1, -0.05) is 18.2 Å². The highest BCUT2D eigenvalue weighted by atomic mass is 16.4. The van der Waals surface area contributed by atoms with Crippen LogP contribution in [-0.4, -0.2) is 36.0 Å². The fraction of sp³-hybridized carbons (Fsp3) is 0.308. The zero-order valence-corrected chi connectivity index (χ0v) is 10.9. The van der Waals surface area contributed by atoms with Crippen molar-refractivity contribution in [3.8, 4) is 0 Å². The van der Waals surface area contributed by atoms with Crippen LogP contribution < -0.4 is 16.4 Å². The topological polar surface area (TPSA) is 122 Å². The highest BCUT2D eigenvalue weighted by Crippen LogP contribution is 2.12. The third kappa shape index (κ3) is 5.85. The van der Waals surface area contributed by atoms with Crippen LogP contribution >= 0.6 is 0 Å². The van der Waals surface area contributed by atoms with E-state index in [9.17, 15) is 14.4 Å². The Morgan fingerprint density at radius 2 is 1.70 bits per heavy atom. The van der Waals surface area contributed by atoms with Crippen molar-refractivity contribution in [3.05, 3.63) is 29.8 Å². The van der Waals surface area contributed by atoms with Crippen LogP contribution in [0, 0.1) is 0 Å². The summed E-state index contributed by atoms with van der Waals surface area (Å²) in [5.41, 5.74) is 7.24. The predicted molar refractivity (Wildman–Crippen MR) is 72.8 cm³/mol. The van der Waals surface area contributed by atoms with Crippen LogP contribution in [0.2, 0.25) is 0 Å². The van der Waals surface area contributed by atoms with E-state index in [-0.39, 0.29) is 18.9 Å². The summed E-state index contributed by atoms with van der Waals surface area (Å²) in [7, 11) is 0. The standard InChI is InChI=1S/C13H17N3O4/c14-10-4-2-1-3-9(10)5-6-11(17)15-7-12(18)16-8-13(19)20/h1-4H,5-8,14H2,(H,15,17)(H,16,18)(H,19,20). The van der Waals surface area contributed by atoms with Crippen molar-refractivity contribution in [3.63, 3.8) is 0 Å². The Hall–Kier alpha value is -2.57. The molecule has 0 aliphatic heterocycles. The highest BCUT2D eigenvalue weighted by molar-refractivity contribution is 5.86. The van der Waals surface area contributed by atoms with Crippen LogP contribution in [0.1, 0.15) is 12.0 Å².